The molecule has 1 aromatic rings. The first kappa shape index (κ1) is 8.94. The number of carboxylic acids is 1. The number of nitrogens with zero attached hydrogens (tertiary/aromatic N) is 1. The number of hydrogen-bond donors (Lipinski definition) is 1. The highest BCUT2D eigenvalue weighted by Crippen LogP contribution is 2.40. The van der Waals surface area contributed by atoms with Gasteiger partial charge in [-0.2, -0.15) is 0 Å². The van der Waals surface area contributed by atoms with Crippen LogP contribution in [0, 0.1) is 11.8 Å². The number of allylic oxidation sites excluding steroid dienone is 1. The highest BCUT2D eigenvalue weighted by Gasteiger charge is 2.40. The third-order valence-electron chi connectivity index (χ3n) is 2.38. The Bertz CT molecular complexity index is 359. The van der Waals surface area contributed by atoms with Crippen LogP contribution in [0.2, 0.25) is 0 Å². The molecule has 1 aromatic heterocycles. The number of aliphatic carboxylic acids is 1. The summed E-state index contributed by atoms with van der Waals surface area (Å²) in [5.41, 5.74) is 1.02. The van der Waals surface area contributed by atoms with Gasteiger partial charge in [-0.15, -0.1) is 0 Å². The quantitative estimate of drug-likeness (QED) is 0.788. The molecular formula is C11H11NO2. The van der Waals surface area contributed by atoms with Crippen molar-refractivity contribution in [3.05, 3.63) is 36.2 Å². The first-order valence-corrected chi connectivity index (χ1v) is 4.58. The smallest absolute Gasteiger partial charge is 0.307 e. The van der Waals surface area contributed by atoms with E-state index < -0.39 is 5.97 Å². The third-order valence-corrected chi connectivity index (χ3v) is 2.38. The van der Waals surface area contributed by atoms with Crippen molar-refractivity contribution in [3.63, 3.8) is 0 Å². The van der Waals surface area contributed by atoms with Crippen LogP contribution in [0.5, 0.6) is 0 Å². The molecule has 1 N–H and O–H groups in total. The molecule has 0 saturated heterocycles. The van der Waals surface area contributed by atoms with E-state index in [0.29, 0.717) is 0 Å². The second kappa shape index (κ2) is 3.62. The van der Waals surface area contributed by atoms with Gasteiger partial charge < -0.3 is 5.11 Å². The lowest BCUT2D eigenvalue weighted by Crippen LogP contribution is -1.97. The Morgan fingerprint density at radius 3 is 3.07 bits per heavy atom. The van der Waals surface area contributed by atoms with Crippen LogP contribution in [-0.4, -0.2) is 16.1 Å². The van der Waals surface area contributed by atoms with E-state index in [1.165, 1.54) is 0 Å². The molecule has 1 aliphatic rings. The van der Waals surface area contributed by atoms with E-state index in [1.54, 1.807) is 12.4 Å². The molecule has 0 bridgehead atoms. The monoisotopic (exact) mass is 189 g/mol. The van der Waals surface area contributed by atoms with E-state index in [2.05, 4.69) is 4.98 Å². The Morgan fingerprint density at radius 1 is 1.64 bits per heavy atom. The second-order valence-electron chi connectivity index (χ2n) is 3.49. The molecular weight excluding hydrogens is 178 g/mol. The van der Waals surface area contributed by atoms with Crippen molar-refractivity contribution in [2.75, 3.05) is 0 Å². The van der Waals surface area contributed by atoms with Crippen molar-refractivity contribution in [1.82, 2.24) is 4.98 Å². The lowest BCUT2D eigenvalue weighted by Gasteiger charge is -1.90. The van der Waals surface area contributed by atoms with E-state index >= 15 is 0 Å². The van der Waals surface area contributed by atoms with Crippen molar-refractivity contribution >= 4 is 12.0 Å². The molecule has 0 amide bonds. The van der Waals surface area contributed by atoms with E-state index in [-0.39, 0.29) is 11.8 Å². The number of carboxylic acid groups (broad SMARTS) is 1. The van der Waals surface area contributed by atoms with Crippen molar-refractivity contribution < 1.29 is 9.90 Å². The van der Waals surface area contributed by atoms with Gasteiger partial charge >= 0.3 is 5.97 Å². The van der Waals surface area contributed by atoms with Gasteiger partial charge in [0.25, 0.3) is 0 Å². The normalized spacial score (nSPS) is 25.1. The molecule has 3 heteroatoms. The third kappa shape index (κ3) is 1.99. The SMILES string of the molecule is O=C(O)C1CC1C=Cc1cccnc1. The summed E-state index contributed by atoms with van der Waals surface area (Å²) in [4.78, 5) is 14.5. The Morgan fingerprint density at radius 2 is 2.50 bits per heavy atom. The van der Waals surface area contributed by atoms with Crippen LogP contribution in [0.3, 0.4) is 0 Å². The molecule has 0 spiro atoms. The average Bonchev–Trinajstić information content (AvgIpc) is 2.96. The first-order valence-electron chi connectivity index (χ1n) is 4.58. The number of hydrogen-bond acceptors (Lipinski definition) is 2. The van der Waals surface area contributed by atoms with Crippen LogP contribution < -0.4 is 0 Å². The van der Waals surface area contributed by atoms with Gasteiger partial charge in [-0.1, -0.05) is 18.2 Å². The minimum absolute atomic E-state index is 0.164. The summed E-state index contributed by atoms with van der Waals surface area (Å²) >= 11 is 0. The maximum atomic E-state index is 10.5. The molecule has 2 rings (SSSR count). The van der Waals surface area contributed by atoms with Gasteiger partial charge in [0.2, 0.25) is 0 Å². The molecule has 2 atom stereocenters. The van der Waals surface area contributed by atoms with Gasteiger partial charge in [-0.25, -0.2) is 0 Å². The summed E-state index contributed by atoms with van der Waals surface area (Å²) in [6.07, 6.45) is 8.13. The summed E-state index contributed by atoms with van der Waals surface area (Å²) in [6.45, 7) is 0. The number of rotatable bonds is 3. The van der Waals surface area contributed by atoms with Crippen LogP contribution in [0.15, 0.2) is 30.6 Å². The fourth-order valence-corrected chi connectivity index (χ4v) is 1.42. The number of carbonyl (C=O) groups is 1. The zero-order chi connectivity index (χ0) is 9.97. The van der Waals surface area contributed by atoms with Gasteiger partial charge in [-0.05, 0) is 24.0 Å². The topological polar surface area (TPSA) is 50.2 Å². The molecule has 0 radical (unpaired) electrons. The molecule has 72 valence electrons. The maximum Gasteiger partial charge on any atom is 0.307 e. The summed E-state index contributed by atoms with van der Waals surface area (Å²) < 4.78 is 0. The molecule has 1 aliphatic carbocycles. The minimum Gasteiger partial charge on any atom is -0.481 e. The summed E-state index contributed by atoms with van der Waals surface area (Å²) in [6, 6.07) is 3.81. The van der Waals surface area contributed by atoms with Crippen molar-refractivity contribution in [2.24, 2.45) is 11.8 Å². The van der Waals surface area contributed by atoms with Gasteiger partial charge in [-0.3, -0.25) is 9.78 Å². The van der Waals surface area contributed by atoms with E-state index in [0.717, 1.165) is 12.0 Å². The fraction of sp³-hybridized carbons (Fsp3) is 0.273. The molecule has 0 aromatic carbocycles. The van der Waals surface area contributed by atoms with Crippen molar-refractivity contribution in [1.29, 1.82) is 0 Å². The standard InChI is InChI=1S/C11H11NO2/c13-11(14)10-6-9(10)4-3-8-2-1-5-12-7-8/h1-5,7,9-10H,6H2,(H,13,14). The molecule has 2 unspecified atom stereocenters. The van der Waals surface area contributed by atoms with Crippen LogP contribution in [0.25, 0.3) is 6.08 Å². The Balaban J connectivity index is 1.94. The average molecular weight is 189 g/mol. The molecule has 0 aliphatic heterocycles. The van der Waals surface area contributed by atoms with Crippen molar-refractivity contribution in [2.45, 2.75) is 6.42 Å². The van der Waals surface area contributed by atoms with Gasteiger partial charge in [0.15, 0.2) is 0 Å². The van der Waals surface area contributed by atoms with E-state index in [9.17, 15) is 4.79 Å². The molecule has 14 heavy (non-hydrogen) atoms. The first-order chi connectivity index (χ1) is 6.77. The highest BCUT2D eigenvalue weighted by molar-refractivity contribution is 5.74. The largest absolute Gasteiger partial charge is 0.481 e. The summed E-state index contributed by atoms with van der Waals surface area (Å²) in [7, 11) is 0. The molecule has 1 saturated carbocycles. The van der Waals surface area contributed by atoms with Crippen molar-refractivity contribution in [3.8, 4) is 0 Å². The van der Waals surface area contributed by atoms with Gasteiger partial charge in [0, 0.05) is 12.4 Å². The second-order valence-corrected chi connectivity index (χ2v) is 3.49. The minimum atomic E-state index is -0.689. The lowest BCUT2D eigenvalue weighted by atomic mass is 10.2. The van der Waals surface area contributed by atoms with Gasteiger partial charge in [0.05, 0.1) is 5.92 Å². The Labute approximate surface area is 82.1 Å². The van der Waals surface area contributed by atoms with Crippen LogP contribution in [0.4, 0.5) is 0 Å². The Hall–Kier alpha value is -1.64. The van der Waals surface area contributed by atoms with Crippen LogP contribution in [0.1, 0.15) is 12.0 Å². The number of aromatic nitrogens is 1. The maximum absolute atomic E-state index is 10.5. The van der Waals surface area contributed by atoms with E-state index in [1.807, 2.05) is 24.3 Å². The van der Waals surface area contributed by atoms with Crippen LogP contribution in [-0.2, 0) is 4.79 Å². The zero-order valence-corrected chi connectivity index (χ0v) is 7.63. The highest BCUT2D eigenvalue weighted by atomic mass is 16.4. The number of pyridine rings is 1. The molecule has 1 fully saturated rings. The summed E-state index contributed by atoms with van der Waals surface area (Å²) in [5.74, 6) is -0.638. The Kier molecular flexibility index (Phi) is 2.31. The molecule has 1 heterocycles. The predicted octanol–water partition coefficient (Wildman–Crippen LogP) is 1.82. The predicted molar refractivity (Wildman–Crippen MR) is 52.5 cm³/mol. The molecule has 3 nitrogen and oxygen atoms in total. The fourth-order valence-electron chi connectivity index (χ4n) is 1.42. The summed E-state index contributed by atoms with van der Waals surface area (Å²) in [5, 5.41) is 8.67. The van der Waals surface area contributed by atoms with Gasteiger partial charge in [0.1, 0.15) is 0 Å². The van der Waals surface area contributed by atoms with Crippen LogP contribution >= 0.6 is 0 Å². The zero-order valence-electron chi connectivity index (χ0n) is 7.63. The lowest BCUT2D eigenvalue weighted by molar-refractivity contribution is -0.138. The van der Waals surface area contributed by atoms with E-state index in [4.69, 9.17) is 5.11 Å².